The van der Waals surface area contributed by atoms with Gasteiger partial charge in [-0.1, -0.05) is 321 Å². The predicted octanol–water partition coefficient (Wildman–Crippen LogP) is 33.1. The van der Waals surface area contributed by atoms with Gasteiger partial charge in [-0.25, -0.2) is 0 Å². The fourth-order valence-electron chi connectivity index (χ4n) is 20.8. The molecular weight excluding hydrogens is 1500 g/mol. The van der Waals surface area contributed by atoms with Crippen molar-refractivity contribution >= 4 is 163 Å². The summed E-state index contributed by atoms with van der Waals surface area (Å²) in [5.74, 6) is 0. The second-order valence-electron chi connectivity index (χ2n) is 36.4. The molecule has 20 aromatic carbocycles. The first-order valence-electron chi connectivity index (χ1n) is 43.5. The van der Waals surface area contributed by atoms with Crippen molar-refractivity contribution in [3.63, 3.8) is 0 Å². The minimum absolute atomic E-state index is 0.116. The zero-order valence-electron chi connectivity index (χ0n) is 69.9. The number of hydrogen-bond acceptors (Lipinski definition) is 0. The standard InChI is InChI=1S/C62H38N2.C58H46N2/c1-4-12-39(13-5-1)41-20-24-43(25-21-41)45-28-30-47-34-53-55-38-54-52-18-10-11-19-57(52)63(51-16-8-3-9-17-51)61(54)60-56-35-48-31-29-46(44-26-22-42(23-27-44)40-14-6-2-7-15-40)33-50(48)37-59(56)64(62(55)60)58(53)36-49(47)32-45;1-57(2,3)43-24-20-35(21-25-43)37-16-18-39-30-47-49-34-48-46-14-10-11-15-51(46)59(45-12-8-7-9-13-45)55(48)54-50-31-40-19-17-38(36-22-26-44(27-23-36)58(4,5)6)29-42(40)33-53(50)60(56(49)54)52(47)32-41(39)28-37/h1-38H;7-34H,1-6H3. The molecule has 4 heteroatoms. The highest BCUT2D eigenvalue weighted by Gasteiger charge is 2.29. The van der Waals surface area contributed by atoms with Gasteiger partial charge in [-0.2, -0.15) is 0 Å². The lowest BCUT2D eigenvalue weighted by atomic mass is 9.86. The second kappa shape index (κ2) is 27.1. The van der Waals surface area contributed by atoms with Gasteiger partial charge < -0.3 is 17.9 Å². The Labute approximate surface area is 717 Å². The van der Waals surface area contributed by atoms with E-state index >= 15 is 0 Å². The van der Waals surface area contributed by atoms with Gasteiger partial charge >= 0.3 is 0 Å². The van der Waals surface area contributed by atoms with Crippen molar-refractivity contribution in [2.75, 3.05) is 0 Å². The summed E-state index contributed by atoms with van der Waals surface area (Å²) >= 11 is 0. The number of rotatable bonds is 8. The Morgan fingerprint density at radius 2 is 0.411 bits per heavy atom. The maximum absolute atomic E-state index is 2.58. The molecule has 0 N–H and O–H groups in total. The van der Waals surface area contributed by atoms with E-state index in [2.05, 4.69) is 460 Å². The van der Waals surface area contributed by atoms with Gasteiger partial charge in [-0.15, -0.1) is 0 Å². The van der Waals surface area contributed by atoms with Crippen molar-refractivity contribution < 1.29 is 0 Å². The van der Waals surface area contributed by atoms with E-state index in [0.29, 0.717) is 0 Å². The van der Waals surface area contributed by atoms with Crippen LogP contribution in [0, 0.1) is 0 Å². The summed E-state index contributed by atoms with van der Waals surface area (Å²) in [5.41, 5.74) is 32.5. The molecule has 0 aliphatic heterocycles. The summed E-state index contributed by atoms with van der Waals surface area (Å²) in [6.07, 6.45) is 0. The quantitative estimate of drug-likeness (QED) is 0.144. The van der Waals surface area contributed by atoms with Crippen molar-refractivity contribution in [2.45, 2.75) is 52.4 Å². The fourth-order valence-corrected chi connectivity index (χ4v) is 20.8. The first-order chi connectivity index (χ1) is 60.7. The molecule has 0 aliphatic rings. The topological polar surface area (TPSA) is 18.7 Å². The summed E-state index contributed by atoms with van der Waals surface area (Å²) < 4.78 is 10.1. The molecule has 124 heavy (non-hydrogen) atoms. The Balaban J connectivity index is 0.000000136. The van der Waals surface area contributed by atoms with E-state index in [1.165, 1.54) is 252 Å². The van der Waals surface area contributed by atoms with Crippen molar-refractivity contribution in [1.29, 1.82) is 0 Å². The van der Waals surface area contributed by atoms with E-state index in [1.54, 1.807) is 0 Å². The number of para-hydroxylation sites is 4. The molecule has 0 radical (unpaired) electrons. The Morgan fingerprint density at radius 1 is 0.161 bits per heavy atom. The van der Waals surface area contributed by atoms with Crippen LogP contribution in [0.3, 0.4) is 0 Å². The normalized spacial score (nSPS) is 12.4. The number of hydrogen-bond donors (Lipinski definition) is 0. The van der Waals surface area contributed by atoms with Crippen LogP contribution in [0.2, 0.25) is 0 Å². The van der Waals surface area contributed by atoms with E-state index in [0.717, 1.165) is 0 Å². The van der Waals surface area contributed by atoms with E-state index < -0.39 is 0 Å². The lowest BCUT2D eigenvalue weighted by Crippen LogP contribution is -2.10. The Bertz CT molecular complexity index is 8840. The van der Waals surface area contributed by atoms with Crippen LogP contribution in [-0.2, 0) is 10.8 Å². The van der Waals surface area contributed by atoms with Gasteiger partial charge in [-0.3, -0.25) is 0 Å². The van der Waals surface area contributed by atoms with Crippen LogP contribution >= 0.6 is 0 Å². The van der Waals surface area contributed by atoms with Gasteiger partial charge in [0.25, 0.3) is 0 Å². The molecule has 0 unspecified atom stereocenters. The van der Waals surface area contributed by atoms with Crippen LogP contribution in [0.15, 0.2) is 400 Å². The van der Waals surface area contributed by atoms with Gasteiger partial charge in [0.15, 0.2) is 0 Å². The molecule has 26 aromatic rings. The maximum atomic E-state index is 2.58. The molecule has 0 amide bonds. The Hall–Kier alpha value is -15.4. The lowest BCUT2D eigenvalue weighted by molar-refractivity contribution is 0.590. The highest BCUT2D eigenvalue weighted by atomic mass is 15.0. The molecule has 6 aromatic heterocycles. The highest BCUT2D eigenvalue weighted by molar-refractivity contribution is 6.37. The van der Waals surface area contributed by atoms with E-state index in [4.69, 9.17) is 0 Å². The Kier molecular flexibility index (Phi) is 15.6. The summed E-state index contributed by atoms with van der Waals surface area (Å²) in [6, 6.07) is 150. The Morgan fingerprint density at radius 3 is 0.734 bits per heavy atom. The van der Waals surface area contributed by atoms with Crippen molar-refractivity contribution in [1.82, 2.24) is 17.9 Å². The summed E-state index contributed by atoms with van der Waals surface area (Å²) in [6.45, 7) is 13.7. The summed E-state index contributed by atoms with van der Waals surface area (Å²) in [5, 5.41) is 25.3. The number of fused-ring (bicyclic) bond motifs is 24. The number of aromatic nitrogens is 4. The molecule has 0 bridgehead atoms. The van der Waals surface area contributed by atoms with Crippen molar-refractivity contribution in [2.24, 2.45) is 0 Å². The molecular formula is C120H84N4. The summed E-state index contributed by atoms with van der Waals surface area (Å²) in [7, 11) is 0. The van der Waals surface area contributed by atoms with Crippen LogP contribution in [-0.4, -0.2) is 17.9 Å². The molecule has 0 saturated carbocycles. The van der Waals surface area contributed by atoms with Crippen molar-refractivity contribution in [3.05, 3.63) is 412 Å². The summed E-state index contributed by atoms with van der Waals surface area (Å²) in [4.78, 5) is 0. The number of benzene rings is 20. The maximum Gasteiger partial charge on any atom is 0.0642 e. The molecule has 6 heterocycles. The third-order valence-corrected chi connectivity index (χ3v) is 27.1. The van der Waals surface area contributed by atoms with Gasteiger partial charge in [0.05, 0.1) is 55.2 Å². The van der Waals surface area contributed by atoms with Gasteiger partial charge in [0.1, 0.15) is 0 Å². The zero-order chi connectivity index (χ0) is 82.5. The molecule has 0 atom stereocenters. The minimum Gasteiger partial charge on any atom is -0.309 e. The van der Waals surface area contributed by atoms with Gasteiger partial charge in [-0.05, 0) is 253 Å². The van der Waals surface area contributed by atoms with Crippen LogP contribution in [0.5, 0.6) is 0 Å². The largest absolute Gasteiger partial charge is 0.309 e. The highest BCUT2D eigenvalue weighted by Crippen LogP contribution is 2.52. The molecule has 0 fully saturated rings. The first kappa shape index (κ1) is 71.5. The monoisotopic (exact) mass is 1580 g/mol. The van der Waals surface area contributed by atoms with Crippen LogP contribution in [0.1, 0.15) is 52.7 Å². The average molecular weight is 1580 g/mol. The second-order valence-corrected chi connectivity index (χ2v) is 36.4. The average Bonchev–Trinajstić information content (AvgIpc) is 1.51. The molecule has 584 valence electrons. The molecule has 0 saturated heterocycles. The van der Waals surface area contributed by atoms with E-state index in [1.807, 2.05) is 0 Å². The molecule has 26 rings (SSSR count). The fraction of sp³-hybridized carbons (Fsp3) is 0.0667. The molecule has 0 spiro atoms. The number of nitrogens with zero attached hydrogens (tertiary/aromatic N) is 4. The third-order valence-electron chi connectivity index (χ3n) is 27.1. The third kappa shape index (κ3) is 11.2. The van der Waals surface area contributed by atoms with E-state index in [9.17, 15) is 0 Å². The van der Waals surface area contributed by atoms with Crippen LogP contribution < -0.4 is 0 Å². The predicted molar refractivity (Wildman–Crippen MR) is 531 cm³/mol. The lowest BCUT2D eigenvalue weighted by Gasteiger charge is -2.19. The first-order valence-corrected chi connectivity index (χ1v) is 43.5. The van der Waals surface area contributed by atoms with Gasteiger partial charge in [0, 0.05) is 76.0 Å². The SMILES string of the molecule is CC(C)(C)c1ccc(-c2ccc3cc4c5cc6c7ccccc7n(-c7ccccc7)c6c6c7cc8ccc(-c9ccc(C(C)(C)C)cc9)cc8cc7n(c4cc3c2)c56)cc1.c1ccc(-c2ccc(-c3ccc4cc5c6cc7c8ccccc8n(-c8ccccc8)c7c7c8cc9ccc(-c%10ccc(-c%11ccccc%11)cc%10)cc9cc8n(c5cc4c3)c67)cc2)cc1. The zero-order valence-corrected chi connectivity index (χ0v) is 69.9. The van der Waals surface area contributed by atoms with E-state index in [-0.39, 0.29) is 10.8 Å². The van der Waals surface area contributed by atoms with Crippen molar-refractivity contribution in [3.8, 4) is 78.1 Å². The van der Waals surface area contributed by atoms with Gasteiger partial charge in [0.2, 0.25) is 0 Å². The van der Waals surface area contributed by atoms with Crippen LogP contribution in [0.25, 0.3) is 241 Å². The molecule has 4 nitrogen and oxygen atoms in total. The van der Waals surface area contributed by atoms with Crippen LogP contribution in [0.4, 0.5) is 0 Å². The minimum atomic E-state index is 0.116. The molecule has 0 aliphatic carbocycles. The smallest absolute Gasteiger partial charge is 0.0642 e.